The number of fused-ring (bicyclic) bond motifs is 2. The Bertz CT molecular complexity index is 1330. The smallest absolute Gasteiger partial charge is 0.134 e. The number of hydrogen-bond acceptors (Lipinski definition) is 4. The Kier molecular flexibility index (Phi) is 6.57. The van der Waals surface area contributed by atoms with E-state index in [4.69, 9.17) is 14.2 Å². The van der Waals surface area contributed by atoms with Gasteiger partial charge in [-0.1, -0.05) is 43.3 Å². The summed E-state index contributed by atoms with van der Waals surface area (Å²) >= 11 is 0. The zero-order chi connectivity index (χ0) is 24.2. The lowest BCUT2D eigenvalue weighted by Gasteiger charge is -2.20. The molecule has 0 unspecified atom stereocenters. The first kappa shape index (κ1) is 22.8. The van der Waals surface area contributed by atoms with Crippen LogP contribution < -0.4 is 14.2 Å². The first-order valence-electron chi connectivity index (χ1n) is 11.9. The Labute approximate surface area is 204 Å². The van der Waals surface area contributed by atoms with Crippen molar-refractivity contribution in [2.75, 3.05) is 13.2 Å². The maximum absolute atomic E-state index is 13.3. The number of phenolic OH excluding ortho intramolecular Hbond substituents is 1. The third-order valence-corrected chi connectivity index (χ3v) is 6.14. The number of rotatable bonds is 8. The third kappa shape index (κ3) is 5.09. The van der Waals surface area contributed by atoms with Gasteiger partial charge in [0, 0.05) is 30.5 Å². The van der Waals surface area contributed by atoms with E-state index in [0.29, 0.717) is 30.9 Å². The average Bonchev–Trinajstić information content (AvgIpc) is 2.88. The molecule has 0 atom stereocenters. The zero-order valence-electron chi connectivity index (χ0n) is 19.6. The summed E-state index contributed by atoms with van der Waals surface area (Å²) in [6.07, 6.45) is 2.29. The maximum atomic E-state index is 13.3. The molecule has 0 saturated carbocycles. The van der Waals surface area contributed by atoms with Gasteiger partial charge in [0.2, 0.25) is 0 Å². The highest BCUT2D eigenvalue weighted by Crippen LogP contribution is 2.38. The molecule has 4 aromatic carbocycles. The number of para-hydroxylation sites is 1. The highest BCUT2D eigenvalue weighted by molar-refractivity contribution is 5.72. The largest absolute Gasteiger partial charge is 0.507 e. The van der Waals surface area contributed by atoms with Gasteiger partial charge >= 0.3 is 0 Å². The Hall–Kier alpha value is -3.99. The van der Waals surface area contributed by atoms with E-state index in [1.54, 1.807) is 18.2 Å². The van der Waals surface area contributed by atoms with Gasteiger partial charge in [-0.15, -0.1) is 0 Å². The van der Waals surface area contributed by atoms with E-state index < -0.39 is 0 Å². The van der Waals surface area contributed by atoms with Crippen LogP contribution in [-0.2, 0) is 12.8 Å². The molecule has 4 aromatic rings. The van der Waals surface area contributed by atoms with E-state index in [2.05, 4.69) is 12.1 Å². The van der Waals surface area contributed by atoms with Gasteiger partial charge in [0.15, 0.2) is 0 Å². The zero-order valence-corrected chi connectivity index (χ0v) is 19.6. The molecule has 1 aliphatic rings. The lowest BCUT2D eigenvalue weighted by atomic mass is 10.00. The van der Waals surface area contributed by atoms with Gasteiger partial charge in [-0.3, -0.25) is 0 Å². The molecule has 5 rings (SSSR count). The van der Waals surface area contributed by atoms with E-state index in [9.17, 15) is 9.50 Å². The molecule has 5 heteroatoms. The molecule has 1 aliphatic heterocycles. The molecule has 35 heavy (non-hydrogen) atoms. The molecule has 0 fully saturated rings. The number of phenols is 1. The van der Waals surface area contributed by atoms with Crippen LogP contribution in [0.5, 0.6) is 28.7 Å². The molecule has 4 nitrogen and oxygen atoms in total. The van der Waals surface area contributed by atoms with E-state index in [1.807, 2.05) is 43.3 Å². The highest BCUT2D eigenvalue weighted by atomic mass is 19.1. The minimum atomic E-state index is -0.306. The minimum absolute atomic E-state index is 0.107. The lowest BCUT2D eigenvalue weighted by molar-refractivity contribution is 0.245. The standard InChI is InChI=1S/C30H27FO4/c1-2-20-17-26(21-8-11-24(31)12-9-21)27(32)19-29(20)34-15-5-14-33-25-13-10-23-16-22-6-3-4-7-28(22)35-30(23)18-25/h3-4,6-13,17-19,32H,2,5,14-16H2,1H3. The molecule has 0 spiro atoms. The summed E-state index contributed by atoms with van der Waals surface area (Å²) in [4.78, 5) is 0. The summed E-state index contributed by atoms with van der Waals surface area (Å²) in [5, 5.41) is 10.5. The van der Waals surface area contributed by atoms with Crippen molar-refractivity contribution in [3.05, 3.63) is 101 Å². The summed E-state index contributed by atoms with van der Waals surface area (Å²) < 4.78 is 31.2. The van der Waals surface area contributed by atoms with Crippen molar-refractivity contribution in [2.45, 2.75) is 26.2 Å². The fourth-order valence-corrected chi connectivity index (χ4v) is 4.26. The van der Waals surface area contributed by atoms with E-state index in [-0.39, 0.29) is 11.6 Å². The number of benzene rings is 4. The molecule has 0 bridgehead atoms. The van der Waals surface area contributed by atoms with Crippen LogP contribution in [-0.4, -0.2) is 18.3 Å². The maximum Gasteiger partial charge on any atom is 0.134 e. The summed E-state index contributed by atoms with van der Waals surface area (Å²) in [6, 6.07) is 23.7. The Morgan fingerprint density at radius 1 is 0.857 bits per heavy atom. The second-order valence-corrected chi connectivity index (χ2v) is 8.54. The van der Waals surface area contributed by atoms with Gasteiger partial charge in [-0.05, 0) is 59.0 Å². The SMILES string of the molecule is CCc1cc(-c2ccc(F)cc2)c(O)cc1OCCCOc1ccc2c(c1)Oc1ccccc1C2. The van der Waals surface area contributed by atoms with Crippen molar-refractivity contribution in [3.8, 4) is 39.9 Å². The van der Waals surface area contributed by atoms with Crippen LogP contribution in [0.2, 0.25) is 0 Å². The molecule has 1 heterocycles. The third-order valence-electron chi connectivity index (χ3n) is 6.14. The lowest BCUT2D eigenvalue weighted by Crippen LogP contribution is -2.07. The van der Waals surface area contributed by atoms with E-state index in [1.165, 1.54) is 17.7 Å². The van der Waals surface area contributed by atoms with Crippen molar-refractivity contribution >= 4 is 0 Å². The van der Waals surface area contributed by atoms with Crippen LogP contribution in [0.3, 0.4) is 0 Å². The number of ether oxygens (including phenoxy) is 3. The second-order valence-electron chi connectivity index (χ2n) is 8.54. The van der Waals surface area contributed by atoms with Crippen LogP contribution in [0.1, 0.15) is 30.0 Å². The minimum Gasteiger partial charge on any atom is -0.507 e. The Balaban J connectivity index is 1.16. The van der Waals surface area contributed by atoms with Crippen molar-refractivity contribution in [2.24, 2.45) is 0 Å². The van der Waals surface area contributed by atoms with Gasteiger partial charge in [0.25, 0.3) is 0 Å². The molecular weight excluding hydrogens is 443 g/mol. The molecule has 0 amide bonds. The summed E-state index contributed by atoms with van der Waals surface area (Å²) in [7, 11) is 0. The van der Waals surface area contributed by atoms with Crippen LogP contribution in [0.15, 0.2) is 78.9 Å². The van der Waals surface area contributed by atoms with Crippen LogP contribution in [0.4, 0.5) is 4.39 Å². The molecule has 0 aliphatic carbocycles. The Morgan fingerprint density at radius 3 is 2.46 bits per heavy atom. The molecular formula is C30H27FO4. The monoisotopic (exact) mass is 470 g/mol. The van der Waals surface area contributed by atoms with Gasteiger partial charge in [-0.2, -0.15) is 0 Å². The van der Waals surface area contributed by atoms with Gasteiger partial charge < -0.3 is 19.3 Å². The molecule has 0 saturated heterocycles. The normalized spacial score (nSPS) is 11.8. The number of aromatic hydroxyl groups is 1. The number of halogens is 1. The predicted octanol–water partition coefficient (Wildman–Crippen LogP) is 7.31. The quantitative estimate of drug-likeness (QED) is 0.242. The average molecular weight is 471 g/mol. The van der Waals surface area contributed by atoms with Crippen LogP contribution in [0, 0.1) is 5.82 Å². The molecule has 178 valence electrons. The fourth-order valence-electron chi connectivity index (χ4n) is 4.26. The van der Waals surface area contributed by atoms with Gasteiger partial charge in [0.05, 0.1) is 13.2 Å². The number of hydrogen-bond donors (Lipinski definition) is 1. The first-order chi connectivity index (χ1) is 17.1. The summed E-state index contributed by atoms with van der Waals surface area (Å²) in [6.45, 7) is 2.99. The van der Waals surface area contributed by atoms with Gasteiger partial charge in [-0.25, -0.2) is 4.39 Å². The van der Waals surface area contributed by atoms with Crippen molar-refractivity contribution in [1.29, 1.82) is 0 Å². The van der Waals surface area contributed by atoms with Crippen molar-refractivity contribution < 1.29 is 23.7 Å². The van der Waals surface area contributed by atoms with E-state index >= 15 is 0 Å². The topological polar surface area (TPSA) is 47.9 Å². The molecule has 0 aromatic heterocycles. The first-order valence-corrected chi connectivity index (χ1v) is 11.9. The Morgan fingerprint density at radius 2 is 1.63 bits per heavy atom. The highest BCUT2D eigenvalue weighted by Gasteiger charge is 2.17. The van der Waals surface area contributed by atoms with Crippen molar-refractivity contribution in [3.63, 3.8) is 0 Å². The number of aryl methyl sites for hydroxylation is 1. The van der Waals surface area contributed by atoms with Crippen LogP contribution in [0.25, 0.3) is 11.1 Å². The van der Waals surface area contributed by atoms with Crippen LogP contribution >= 0.6 is 0 Å². The second kappa shape index (κ2) is 10.1. The molecule has 0 radical (unpaired) electrons. The predicted molar refractivity (Wildman–Crippen MR) is 134 cm³/mol. The van der Waals surface area contributed by atoms with Crippen molar-refractivity contribution in [1.82, 2.24) is 0 Å². The summed E-state index contributed by atoms with van der Waals surface area (Å²) in [5.74, 6) is 2.94. The molecule has 1 N–H and O–H groups in total. The van der Waals surface area contributed by atoms with Gasteiger partial charge in [0.1, 0.15) is 34.6 Å². The summed E-state index contributed by atoms with van der Waals surface area (Å²) in [5.41, 5.74) is 4.74. The fraction of sp³-hybridized carbons (Fsp3) is 0.200. The van der Waals surface area contributed by atoms with E-state index in [0.717, 1.165) is 46.8 Å².